The Bertz CT molecular complexity index is 631. The zero-order valence-corrected chi connectivity index (χ0v) is 8.45. The van der Waals surface area contributed by atoms with Gasteiger partial charge >= 0.3 is 0 Å². The minimum Gasteiger partial charge on any atom is -0.711 e. The second kappa shape index (κ2) is 3.34. The normalized spacial score (nSPS) is 10.8. The molecule has 2 heterocycles. The monoisotopic (exact) mass is 211 g/mol. The molecule has 3 rings (SSSR count). The molecular weight excluding hydrogens is 202 g/mol. The van der Waals surface area contributed by atoms with Crippen molar-refractivity contribution in [2.75, 3.05) is 0 Å². The number of fused-ring (bicyclic) bond motifs is 1. The van der Waals surface area contributed by atoms with E-state index in [-0.39, 0.29) is 0 Å². The number of para-hydroxylation sites is 1. The van der Waals surface area contributed by atoms with Gasteiger partial charge in [-0.15, -0.1) is 0 Å². The second-order valence-electron chi connectivity index (χ2n) is 3.53. The van der Waals surface area contributed by atoms with Crippen molar-refractivity contribution in [3.05, 3.63) is 60.3 Å². The number of rotatable bonds is 1. The number of hydrogen-bond acceptors (Lipinski definition) is 2. The predicted molar refractivity (Wildman–Crippen MR) is 60.0 cm³/mol. The molecule has 4 nitrogen and oxygen atoms in total. The third-order valence-corrected chi connectivity index (χ3v) is 2.48. The molecule has 1 aromatic carbocycles. The summed E-state index contributed by atoms with van der Waals surface area (Å²) in [5.74, 6) is 0. The molecule has 16 heavy (non-hydrogen) atoms. The van der Waals surface area contributed by atoms with E-state index in [1.807, 2.05) is 47.2 Å². The van der Waals surface area contributed by atoms with E-state index in [4.69, 9.17) is 0 Å². The molecule has 0 aliphatic heterocycles. The molecule has 0 amide bonds. The molecule has 0 aliphatic rings. The summed E-state index contributed by atoms with van der Waals surface area (Å²) < 4.78 is 2.66. The van der Waals surface area contributed by atoms with Crippen LogP contribution >= 0.6 is 0 Å². The highest BCUT2D eigenvalue weighted by Crippen LogP contribution is 2.16. The third-order valence-electron chi connectivity index (χ3n) is 2.48. The summed E-state index contributed by atoms with van der Waals surface area (Å²) in [7, 11) is 0. The number of aromatic nitrogens is 3. The summed E-state index contributed by atoms with van der Waals surface area (Å²) in [5, 5.41) is 11.9. The van der Waals surface area contributed by atoms with Gasteiger partial charge in [-0.25, -0.2) is 4.73 Å². The Balaban J connectivity index is 2.26. The maximum atomic E-state index is 11.1. The molecule has 0 radical (unpaired) electrons. The lowest BCUT2D eigenvalue weighted by molar-refractivity contribution is -0.607. The summed E-state index contributed by atoms with van der Waals surface area (Å²) in [5.41, 5.74) is 1.83. The van der Waals surface area contributed by atoms with Crippen molar-refractivity contribution in [2.24, 2.45) is 0 Å². The van der Waals surface area contributed by atoms with Crippen LogP contribution in [-0.2, 0) is 0 Å². The van der Waals surface area contributed by atoms with Crippen LogP contribution in [0.25, 0.3) is 16.7 Å². The second-order valence-corrected chi connectivity index (χ2v) is 3.53. The molecule has 0 aliphatic carbocycles. The van der Waals surface area contributed by atoms with Gasteiger partial charge in [-0.1, -0.05) is 18.2 Å². The minimum atomic E-state index is 0.706. The molecule has 4 heteroatoms. The van der Waals surface area contributed by atoms with Gasteiger partial charge in [0.05, 0.1) is 5.39 Å². The standard InChI is InChI=1S/C12H9N3O/c16-14-8-10-6-7-15(12(10)13-9-14)11-4-2-1-3-5-11/h1-9H. The van der Waals surface area contributed by atoms with Gasteiger partial charge in [-0.3, -0.25) is 4.57 Å². The lowest BCUT2D eigenvalue weighted by Gasteiger charge is -2.01. The molecule has 2 aromatic heterocycles. The Hall–Kier alpha value is -2.36. The van der Waals surface area contributed by atoms with Gasteiger partial charge in [0.25, 0.3) is 12.0 Å². The van der Waals surface area contributed by atoms with Crippen LogP contribution < -0.4 is 4.73 Å². The summed E-state index contributed by atoms with van der Waals surface area (Å²) in [6.45, 7) is 0. The van der Waals surface area contributed by atoms with Gasteiger partial charge in [-0.05, 0) is 23.2 Å². The quantitative estimate of drug-likeness (QED) is 0.454. The Morgan fingerprint density at radius 2 is 1.94 bits per heavy atom. The van der Waals surface area contributed by atoms with Crippen LogP contribution in [0.4, 0.5) is 0 Å². The van der Waals surface area contributed by atoms with Crippen molar-refractivity contribution >= 4 is 11.0 Å². The zero-order chi connectivity index (χ0) is 11.0. The first kappa shape index (κ1) is 8.91. The molecular formula is C12H9N3O. The van der Waals surface area contributed by atoms with E-state index in [9.17, 15) is 5.21 Å². The SMILES string of the molecule is [O-][n+]1cnc2c(ccn2-c2ccccc2)c1. The van der Waals surface area contributed by atoms with Crippen LogP contribution in [0.5, 0.6) is 0 Å². The van der Waals surface area contributed by atoms with E-state index in [0.29, 0.717) is 4.73 Å². The highest BCUT2D eigenvalue weighted by Gasteiger charge is 2.08. The largest absolute Gasteiger partial charge is 0.711 e. The van der Waals surface area contributed by atoms with Crippen molar-refractivity contribution in [1.82, 2.24) is 9.55 Å². The molecule has 0 unspecified atom stereocenters. The van der Waals surface area contributed by atoms with E-state index in [2.05, 4.69) is 4.98 Å². The molecule has 0 fully saturated rings. The van der Waals surface area contributed by atoms with E-state index in [0.717, 1.165) is 16.7 Å². The van der Waals surface area contributed by atoms with Crippen LogP contribution in [0.2, 0.25) is 0 Å². The van der Waals surface area contributed by atoms with Crippen molar-refractivity contribution in [1.29, 1.82) is 0 Å². The van der Waals surface area contributed by atoms with Crippen molar-refractivity contribution in [3.63, 3.8) is 0 Å². The fourth-order valence-corrected chi connectivity index (χ4v) is 1.76. The highest BCUT2D eigenvalue weighted by molar-refractivity contribution is 5.76. The smallest absolute Gasteiger partial charge is 0.291 e. The Labute approximate surface area is 92.0 Å². The van der Waals surface area contributed by atoms with E-state index >= 15 is 0 Å². The zero-order valence-electron chi connectivity index (χ0n) is 8.45. The Morgan fingerprint density at radius 3 is 2.75 bits per heavy atom. The van der Waals surface area contributed by atoms with Gasteiger partial charge in [0.15, 0.2) is 0 Å². The first-order chi connectivity index (χ1) is 7.84. The Kier molecular flexibility index (Phi) is 1.86. The predicted octanol–water partition coefficient (Wildman–Crippen LogP) is 1.66. The molecule has 0 saturated heterocycles. The maximum absolute atomic E-state index is 11.1. The van der Waals surface area contributed by atoms with Crippen LogP contribution in [-0.4, -0.2) is 9.55 Å². The van der Waals surface area contributed by atoms with Crippen LogP contribution in [0.15, 0.2) is 55.1 Å². The average molecular weight is 211 g/mol. The summed E-state index contributed by atoms with van der Waals surface area (Å²) >= 11 is 0. The van der Waals surface area contributed by atoms with Gasteiger partial charge in [0.2, 0.25) is 0 Å². The molecule has 0 spiro atoms. The van der Waals surface area contributed by atoms with E-state index in [1.54, 1.807) is 0 Å². The summed E-state index contributed by atoms with van der Waals surface area (Å²) in [6, 6.07) is 11.8. The van der Waals surface area contributed by atoms with Crippen molar-refractivity contribution in [3.8, 4) is 5.69 Å². The molecule has 0 saturated carbocycles. The molecule has 78 valence electrons. The lowest BCUT2D eigenvalue weighted by Crippen LogP contribution is -2.25. The number of benzene rings is 1. The fraction of sp³-hybridized carbons (Fsp3) is 0. The summed E-state index contributed by atoms with van der Waals surface area (Å²) in [4.78, 5) is 4.13. The fourth-order valence-electron chi connectivity index (χ4n) is 1.76. The van der Waals surface area contributed by atoms with Gasteiger partial charge in [-0.2, -0.15) is 0 Å². The van der Waals surface area contributed by atoms with Crippen molar-refractivity contribution in [2.45, 2.75) is 0 Å². The van der Waals surface area contributed by atoms with Crippen molar-refractivity contribution < 1.29 is 4.73 Å². The lowest BCUT2D eigenvalue weighted by atomic mass is 10.3. The van der Waals surface area contributed by atoms with E-state index in [1.165, 1.54) is 12.5 Å². The number of hydrogen-bond donors (Lipinski definition) is 0. The third kappa shape index (κ3) is 1.32. The molecule has 0 atom stereocenters. The van der Waals surface area contributed by atoms with Crippen LogP contribution in [0.1, 0.15) is 0 Å². The maximum Gasteiger partial charge on any atom is 0.291 e. The first-order valence-electron chi connectivity index (χ1n) is 4.96. The molecule has 0 bridgehead atoms. The van der Waals surface area contributed by atoms with Gasteiger partial charge in [0.1, 0.15) is 6.20 Å². The van der Waals surface area contributed by atoms with Crippen LogP contribution in [0.3, 0.4) is 0 Å². The molecule has 0 N–H and O–H groups in total. The van der Waals surface area contributed by atoms with Crippen LogP contribution in [0, 0.1) is 5.21 Å². The van der Waals surface area contributed by atoms with Gasteiger partial charge < -0.3 is 5.21 Å². The highest BCUT2D eigenvalue weighted by atomic mass is 16.5. The topological polar surface area (TPSA) is 44.8 Å². The minimum absolute atomic E-state index is 0.706. The summed E-state index contributed by atoms with van der Waals surface area (Å²) in [6.07, 6.45) is 4.69. The molecule has 3 aromatic rings. The number of nitrogens with zero attached hydrogens (tertiary/aromatic N) is 3. The first-order valence-corrected chi connectivity index (χ1v) is 4.96. The van der Waals surface area contributed by atoms with Gasteiger partial charge in [0, 0.05) is 11.9 Å². The average Bonchev–Trinajstić information content (AvgIpc) is 2.73. The van der Waals surface area contributed by atoms with E-state index < -0.39 is 0 Å². The Morgan fingerprint density at radius 1 is 1.12 bits per heavy atom.